The Hall–Kier alpha value is -2.17. The van der Waals surface area contributed by atoms with Crippen molar-refractivity contribution >= 4 is 11.7 Å². The Kier molecular flexibility index (Phi) is 5.19. The van der Waals surface area contributed by atoms with Crippen LogP contribution in [0.1, 0.15) is 43.5 Å². The standard InChI is InChI=1S/C18H25FN4/c1-10-6-7-15-9-11(2)17(16(15)8-10)22-14(5)23-18(20)21-13(4)12(3)19/h6-8,11-12,17,22H,5,9H2,1-4H3,(H2,20,23)/b21-13+/t11?,12-,17-/m1/s1. The third kappa shape index (κ3) is 4.18. The Morgan fingerprint density at radius 2 is 2.13 bits per heavy atom. The van der Waals surface area contributed by atoms with Gasteiger partial charge in [0.25, 0.3) is 0 Å². The molecule has 2 rings (SSSR count). The van der Waals surface area contributed by atoms with Crippen LogP contribution >= 0.6 is 0 Å². The number of aryl methyl sites for hydroxylation is 1. The van der Waals surface area contributed by atoms with Gasteiger partial charge in [0.15, 0.2) is 0 Å². The fourth-order valence-electron chi connectivity index (χ4n) is 2.83. The summed E-state index contributed by atoms with van der Waals surface area (Å²) in [7, 11) is 0. The van der Waals surface area contributed by atoms with E-state index in [1.807, 2.05) is 0 Å². The number of nitrogens with one attached hydrogen (secondary N) is 1. The van der Waals surface area contributed by atoms with Gasteiger partial charge < -0.3 is 11.1 Å². The maximum atomic E-state index is 13.1. The highest BCUT2D eigenvalue weighted by Gasteiger charge is 2.29. The molecule has 1 aromatic carbocycles. The monoisotopic (exact) mass is 316 g/mol. The van der Waals surface area contributed by atoms with Crippen LogP contribution in [0.4, 0.5) is 4.39 Å². The summed E-state index contributed by atoms with van der Waals surface area (Å²) in [6, 6.07) is 6.66. The number of hydrogen-bond acceptors (Lipinski definition) is 2. The van der Waals surface area contributed by atoms with Crippen LogP contribution in [-0.4, -0.2) is 17.8 Å². The predicted octanol–water partition coefficient (Wildman–Crippen LogP) is 3.42. The number of guanidine groups is 1. The number of nitrogens with two attached hydrogens (primary N) is 1. The zero-order valence-corrected chi connectivity index (χ0v) is 14.2. The minimum absolute atomic E-state index is 0.0135. The van der Waals surface area contributed by atoms with E-state index < -0.39 is 6.17 Å². The molecule has 0 aromatic heterocycles. The largest absolute Gasteiger partial charge is 0.368 e. The molecule has 4 nitrogen and oxygen atoms in total. The van der Waals surface area contributed by atoms with Gasteiger partial charge >= 0.3 is 0 Å². The van der Waals surface area contributed by atoms with Gasteiger partial charge in [0.1, 0.15) is 12.0 Å². The Balaban J connectivity index is 2.12. The molecule has 0 radical (unpaired) electrons. The first-order valence-electron chi connectivity index (χ1n) is 7.86. The number of benzene rings is 1. The van der Waals surface area contributed by atoms with E-state index >= 15 is 0 Å². The van der Waals surface area contributed by atoms with Gasteiger partial charge in [-0.25, -0.2) is 9.38 Å². The van der Waals surface area contributed by atoms with Gasteiger partial charge in [-0.2, -0.15) is 4.99 Å². The smallest absolute Gasteiger partial charge is 0.221 e. The minimum Gasteiger partial charge on any atom is -0.368 e. The quantitative estimate of drug-likeness (QED) is 0.660. The Morgan fingerprint density at radius 1 is 1.43 bits per heavy atom. The third-order valence-corrected chi connectivity index (χ3v) is 4.19. The SMILES string of the molecule is C=C(/N=C(N)\N=C(/C)[C@@H](C)F)N[C@H]1c2cc(C)ccc2CC1C. The summed E-state index contributed by atoms with van der Waals surface area (Å²) in [6.45, 7) is 11.2. The van der Waals surface area contributed by atoms with Crippen LogP contribution in [0.15, 0.2) is 40.6 Å². The maximum absolute atomic E-state index is 13.1. The molecule has 0 heterocycles. The van der Waals surface area contributed by atoms with Crippen molar-refractivity contribution in [3.63, 3.8) is 0 Å². The van der Waals surface area contributed by atoms with Crippen molar-refractivity contribution in [1.29, 1.82) is 0 Å². The highest BCUT2D eigenvalue weighted by molar-refractivity contribution is 5.97. The van der Waals surface area contributed by atoms with Gasteiger partial charge in [0.2, 0.25) is 5.96 Å². The summed E-state index contributed by atoms with van der Waals surface area (Å²) >= 11 is 0. The van der Waals surface area contributed by atoms with Crippen molar-refractivity contribution in [2.75, 3.05) is 0 Å². The van der Waals surface area contributed by atoms with Crippen molar-refractivity contribution in [2.45, 2.75) is 46.3 Å². The van der Waals surface area contributed by atoms with Gasteiger partial charge in [-0.3, -0.25) is 0 Å². The molecule has 1 unspecified atom stereocenters. The second-order valence-corrected chi connectivity index (χ2v) is 6.29. The number of halogens is 1. The van der Waals surface area contributed by atoms with Gasteiger partial charge in [-0.05, 0) is 44.2 Å². The number of rotatable bonds is 4. The molecule has 0 bridgehead atoms. The molecule has 5 heteroatoms. The highest BCUT2D eigenvalue weighted by atomic mass is 19.1. The van der Waals surface area contributed by atoms with Crippen LogP contribution in [0.3, 0.4) is 0 Å². The first-order chi connectivity index (χ1) is 10.8. The van der Waals surface area contributed by atoms with Crippen LogP contribution in [0.5, 0.6) is 0 Å². The predicted molar refractivity (Wildman–Crippen MR) is 94.4 cm³/mol. The third-order valence-electron chi connectivity index (χ3n) is 4.19. The van der Waals surface area contributed by atoms with Crippen molar-refractivity contribution in [3.05, 3.63) is 47.3 Å². The van der Waals surface area contributed by atoms with Gasteiger partial charge in [0.05, 0.1) is 11.8 Å². The lowest BCUT2D eigenvalue weighted by atomic mass is 10.0. The number of nitrogens with zero attached hydrogens (tertiary/aromatic N) is 2. The molecule has 0 amide bonds. The number of fused-ring (bicyclic) bond motifs is 1. The van der Waals surface area contributed by atoms with E-state index in [1.165, 1.54) is 23.6 Å². The topological polar surface area (TPSA) is 62.8 Å². The van der Waals surface area contributed by atoms with E-state index in [1.54, 1.807) is 6.92 Å². The van der Waals surface area contributed by atoms with E-state index in [-0.39, 0.29) is 12.0 Å². The first kappa shape index (κ1) is 17.2. The molecule has 1 aromatic rings. The second-order valence-electron chi connectivity index (χ2n) is 6.29. The minimum atomic E-state index is -1.14. The Labute approximate surface area is 137 Å². The van der Waals surface area contributed by atoms with Crippen molar-refractivity contribution in [1.82, 2.24) is 5.32 Å². The summed E-state index contributed by atoms with van der Waals surface area (Å²) in [5.74, 6) is 0.896. The summed E-state index contributed by atoms with van der Waals surface area (Å²) in [4.78, 5) is 8.06. The molecule has 0 saturated carbocycles. The van der Waals surface area contributed by atoms with Crippen molar-refractivity contribution < 1.29 is 4.39 Å². The van der Waals surface area contributed by atoms with Crippen molar-refractivity contribution in [3.8, 4) is 0 Å². The van der Waals surface area contributed by atoms with E-state index in [0.29, 0.717) is 17.5 Å². The van der Waals surface area contributed by atoms with Crippen LogP contribution in [-0.2, 0) is 6.42 Å². The fourth-order valence-corrected chi connectivity index (χ4v) is 2.83. The Morgan fingerprint density at radius 3 is 2.78 bits per heavy atom. The first-order valence-corrected chi connectivity index (χ1v) is 7.86. The lowest BCUT2D eigenvalue weighted by Gasteiger charge is -2.20. The van der Waals surface area contributed by atoms with Crippen LogP contribution < -0.4 is 11.1 Å². The molecule has 1 aliphatic carbocycles. The number of aliphatic imine (C=N–C) groups is 2. The molecule has 23 heavy (non-hydrogen) atoms. The van der Waals surface area contributed by atoms with E-state index in [4.69, 9.17) is 5.73 Å². The summed E-state index contributed by atoms with van der Waals surface area (Å²) in [6.07, 6.45) is -0.120. The molecule has 0 aliphatic heterocycles. The van der Waals surface area contributed by atoms with Crippen LogP contribution in [0, 0.1) is 12.8 Å². The Bertz CT molecular complexity index is 661. The highest BCUT2D eigenvalue weighted by Crippen LogP contribution is 2.36. The zero-order valence-electron chi connectivity index (χ0n) is 14.2. The van der Waals surface area contributed by atoms with Crippen LogP contribution in [0.2, 0.25) is 0 Å². The van der Waals surface area contributed by atoms with Gasteiger partial charge in [-0.1, -0.05) is 37.3 Å². The second kappa shape index (κ2) is 6.94. The molecular weight excluding hydrogens is 291 g/mol. The molecule has 0 spiro atoms. The summed E-state index contributed by atoms with van der Waals surface area (Å²) < 4.78 is 13.1. The van der Waals surface area contributed by atoms with Crippen LogP contribution in [0.25, 0.3) is 0 Å². The zero-order chi connectivity index (χ0) is 17.1. The molecule has 0 fully saturated rings. The van der Waals surface area contributed by atoms with E-state index in [2.05, 4.69) is 53.9 Å². The molecule has 0 saturated heterocycles. The maximum Gasteiger partial charge on any atom is 0.221 e. The lowest BCUT2D eigenvalue weighted by molar-refractivity contribution is 0.448. The molecule has 3 atom stereocenters. The van der Waals surface area contributed by atoms with E-state index in [0.717, 1.165) is 6.42 Å². The average Bonchev–Trinajstić information content (AvgIpc) is 2.74. The van der Waals surface area contributed by atoms with Gasteiger partial charge in [-0.15, -0.1) is 0 Å². The summed E-state index contributed by atoms with van der Waals surface area (Å²) in [5.41, 5.74) is 9.90. The molecule has 124 valence electrons. The normalized spacial score (nSPS) is 22.7. The summed E-state index contributed by atoms with van der Waals surface area (Å²) in [5, 5.41) is 3.32. The molecular formula is C18H25FN4. The average molecular weight is 316 g/mol. The lowest BCUT2D eigenvalue weighted by Crippen LogP contribution is -2.24. The van der Waals surface area contributed by atoms with E-state index in [9.17, 15) is 4.39 Å². The molecule has 1 aliphatic rings. The number of hydrogen-bond donors (Lipinski definition) is 2. The number of alkyl halides is 1. The van der Waals surface area contributed by atoms with Gasteiger partial charge in [0, 0.05) is 0 Å². The fraction of sp³-hybridized carbons (Fsp3) is 0.444. The van der Waals surface area contributed by atoms with Crippen molar-refractivity contribution in [2.24, 2.45) is 21.6 Å². The molecule has 3 N–H and O–H groups in total.